The van der Waals surface area contributed by atoms with Gasteiger partial charge in [0.15, 0.2) is 0 Å². The van der Waals surface area contributed by atoms with E-state index in [4.69, 9.17) is 5.73 Å². The number of benzene rings is 1. The van der Waals surface area contributed by atoms with E-state index < -0.39 is 0 Å². The van der Waals surface area contributed by atoms with E-state index in [-0.39, 0.29) is 0 Å². The summed E-state index contributed by atoms with van der Waals surface area (Å²) in [7, 11) is 0. The van der Waals surface area contributed by atoms with Crippen molar-refractivity contribution in [2.75, 3.05) is 24.5 Å². The SMILES string of the molecule is CCCCN(CC(CC)CN)c1ccccc1. The molecule has 0 aliphatic rings. The highest BCUT2D eigenvalue weighted by atomic mass is 15.1. The molecule has 96 valence electrons. The molecule has 2 N–H and O–H groups in total. The second-order valence-corrected chi connectivity index (χ2v) is 4.65. The molecule has 17 heavy (non-hydrogen) atoms. The Morgan fingerprint density at radius 3 is 2.41 bits per heavy atom. The van der Waals surface area contributed by atoms with Crippen LogP contribution < -0.4 is 10.6 Å². The summed E-state index contributed by atoms with van der Waals surface area (Å²) in [6.07, 6.45) is 3.64. The fourth-order valence-corrected chi connectivity index (χ4v) is 2.00. The third-order valence-corrected chi connectivity index (χ3v) is 3.29. The van der Waals surface area contributed by atoms with Gasteiger partial charge in [0.2, 0.25) is 0 Å². The molecule has 0 aliphatic heterocycles. The van der Waals surface area contributed by atoms with Gasteiger partial charge in [-0.2, -0.15) is 0 Å². The van der Waals surface area contributed by atoms with E-state index in [0.29, 0.717) is 5.92 Å². The lowest BCUT2D eigenvalue weighted by Crippen LogP contribution is -2.33. The van der Waals surface area contributed by atoms with Crippen molar-refractivity contribution in [3.05, 3.63) is 30.3 Å². The Balaban J connectivity index is 2.66. The van der Waals surface area contributed by atoms with Gasteiger partial charge >= 0.3 is 0 Å². The standard InChI is InChI=1S/C15H26N2/c1-3-5-11-17(13-14(4-2)12-16)15-9-7-6-8-10-15/h6-10,14H,3-5,11-13,16H2,1-2H3. The zero-order chi connectivity index (χ0) is 12.5. The molecule has 2 heteroatoms. The van der Waals surface area contributed by atoms with Crippen molar-refractivity contribution in [3.8, 4) is 0 Å². The van der Waals surface area contributed by atoms with Crippen LogP contribution in [0.2, 0.25) is 0 Å². The topological polar surface area (TPSA) is 29.3 Å². The number of anilines is 1. The average molecular weight is 234 g/mol. The van der Waals surface area contributed by atoms with E-state index in [2.05, 4.69) is 49.1 Å². The van der Waals surface area contributed by atoms with Crippen LogP contribution in [0, 0.1) is 5.92 Å². The van der Waals surface area contributed by atoms with Gasteiger partial charge in [0.05, 0.1) is 0 Å². The number of unbranched alkanes of at least 4 members (excludes halogenated alkanes) is 1. The Hall–Kier alpha value is -1.02. The van der Waals surface area contributed by atoms with Crippen molar-refractivity contribution in [1.82, 2.24) is 0 Å². The van der Waals surface area contributed by atoms with Gasteiger partial charge in [-0.05, 0) is 31.0 Å². The molecule has 0 fully saturated rings. The first-order valence-electron chi connectivity index (χ1n) is 6.81. The Morgan fingerprint density at radius 2 is 1.88 bits per heavy atom. The predicted octanol–water partition coefficient (Wildman–Crippen LogP) is 3.28. The lowest BCUT2D eigenvalue weighted by molar-refractivity contribution is 0.504. The van der Waals surface area contributed by atoms with Gasteiger partial charge in [-0.15, -0.1) is 0 Å². The van der Waals surface area contributed by atoms with Gasteiger partial charge in [0.25, 0.3) is 0 Å². The molecule has 1 unspecified atom stereocenters. The molecule has 0 amide bonds. The maximum atomic E-state index is 5.81. The molecule has 1 aromatic carbocycles. The van der Waals surface area contributed by atoms with E-state index in [1.807, 2.05) is 0 Å². The zero-order valence-corrected chi connectivity index (χ0v) is 11.2. The molecular formula is C15H26N2. The lowest BCUT2D eigenvalue weighted by Gasteiger charge is -2.28. The van der Waals surface area contributed by atoms with E-state index in [9.17, 15) is 0 Å². The summed E-state index contributed by atoms with van der Waals surface area (Å²) >= 11 is 0. The predicted molar refractivity (Wildman–Crippen MR) is 76.4 cm³/mol. The fraction of sp³-hybridized carbons (Fsp3) is 0.600. The van der Waals surface area contributed by atoms with Gasteiger partial charge in [-0.3, -0.25) is 0 Å². The number of nitrogens with two attached hydrogens (primary N) is 1. The summed E-state index contributed by atoms with van der Waals surface area (Å²) in [6.45, 7) is 7.46. The van der Waals surface area contributed by atoms with Crippen LogP contribution in [0.25, 0.3) is 0 Å². The van der Waals surface area contributed by atoms with Crippen LogP contribution in [0.4, 0.5) is 5.69 Å². The molecule has 0 heterocycles. The van der Waals surface area contributed by atoms with Gasteiger partial charge in [-0.1, -0.05) is 44.9 Å². The molecule has 1 atom stereocenters. The van der Waals surface area contributed by atoms with Crippen molar-refractivity contribution < 1.29 is 0 Å². The Kier molecular flexibility index (Phi) is 6.71. The summed E-state index contributed by atoms with van der Waals surface area (Å²) in [5, 5.41) is 0. The second kappa shape index (κ2) is 8.13. The van der Waals surface area contributed by atoms with Crippen molar-refractivity contribution in [2.24, 2.45) is 11.7 Å². The minimum absolute atomic E-state index is 0.604. The van der Waals surface area contributed by atoms with Crippen molar-refractivity contribution in [2.45, 2.75) is 33.1 Å². The summed E-state index contributed by atoms with van der Waals surface area (Å²) in [5.41, 5.74) is 7.14. The van der Waals surface area contributed by atoms with E-state index in [0.717, 1.165) is 26.1 Å². The number of rotatable bonds is 8. The number of nitrogens with zero attached hydrogens (tertiary/aromatic N) is 1. The first-order chi connectivity index (χ1) is 8.31. The minimum Gasteiger partial charge on any atom is -0.371 e. The summed E-state index contributed by atoms with van der Waals surface area (Å²) in [6, 6.07) is 10.7. The van der Waals surface area contributed by atoms with E-state index in [1.54, 1.807) is 0 Å². The van der Waals surface area contributed by atoms with Gasteiger partial charge in [0, 0.05) is 18.8 Å². The second-order valence-electron chi connectivity index (χ2n) is 4.65. The average Bonchev–Trinajstić information content (AvgIpc) is 2.40. The van der Waals surface area contributed by atoms with Crippen LogP contribution in [0.1, 0.15) is 33.1 Å². The van der Waals surface area contributed by atoms with Crippen LogP contribution in [0.3, 0.4) is 0 Å². The van der Waals surface area contributed by atoms with Crippen molar-refractivity contribution >= 4 is 5.69 Å². The molecular weight excluding hydrogens is 208 g/mol. The lowest BCUT2D eigenvalue weighted by atomic mass is 10.1. The smallest absolute Gasteiger partial charge is 0.0366 e. The van der Waals surface area contributed by atoms with Crippen molar-refractivity contribution in [1.29, 1.82) is 0 Å². The van der Waals surface area contributed by atoms with E-state index in [1.165, 1.54) is 18.5 Å². The number of para-hydroxylation sites is 1. The Morgan fingerprint density at radius 1 is 1.18 bits per heavy atom. The van der Waals surface area contributed by atoms with Crippen molar-refractivity contribution in [3.63, 3.8) is 0 Å². The van der Waals surface area contributed by atoms with Crippen LogP contribution in [-0.4, -0.2) is 19.6 Å². The summed E-state index contributed by atoms with van der Waals surface area (Å²) in [4.78, 5) is 2.48. The molecule has 0 radical (unpaired) electrons. The van der Waals surface area contributed by atoms with Gasteiger partial charge in [-0.25, -0.2) is 0 Å². The first-order valence-corrected chi connectivity index (χ1v) is 6.81. The highest BCUT2D eigenvalue weighted by Gasteiger charge is 2.11. The molecule has 1 aromatic rings. The largest absolute Gasteiger partial charge is 0.371 e. The molecule has 0 aromatic heterocycles. The maximum Gasteiger partial charge on any atom is 0.0366 e. The quantitative estimate of drug-likeness (QED) is 0.748. The molecule has 0 aliphatic carbocycles. The van der Waals surface area contributed by atoms with E-state index >= 15 is 0 Å². The monoisotopic (exact) mass is 234 g/mol. The highest BCUT2D eigenvalue weighted by Crippen LogP contribution is 2.16. The summed E-state index contributed by atoms with van der Waals surface area (Å²) < 4.78 is 0. The normalized spacial score (nSPS) is 12.4. The molecule has 0 saturated carbocycles. The fourth-order valence-electron chi connectivity index (χ4n) is 2.00. The molecule has 0 saturated heterocycles. The third-order valence-electron chi connectivity index (χ3n) is 3.29. The number of hydrogen-bond acceptors (Lipinski definition) is 2. The van der Waals surface area contributed by atoms with Crippen LogP contribution in [-0.2, 0) is 0 Å². The van der Waals surface area contributed by atoms with Gasteiger partial charge < -0.3 is 10.6 Å². The van der Waals surface area contributed by atoms with Crippen LogP contribution in [0.5, 0.6) is 0 Å². The van der Waals surface area contributed by atoms with Crippen LogP contribution in [0.15, 0.2) is 30.3 Å². The first kappa shape index (κ1) is 14.0. The number of hydrogen-bond donors (Lipinski definition) is 1. The zero-order valence-electron chi connectivity index (χ0n) is 11.2. The minimum atomic E-state index is 0.604. The molecule has 0 bridgehead atoms. The molecule has 0 spiro atoms. The highest BCUT2D eigenvalue weighted by molar-refractivity contribution is 5.45. The Bertz CT molecular complexity index is 280. The van der Waals surface area contributed by atoms with Crippen LogP contribution >= 0.6 is 0 Å². The third kappa shape index (κ3) is 4.78. The van der Waals surface area contributed by atoms with Gasteiger partial charge in [0.1, 0.15) is 0 Å². The molecule has 1 rings (SSSR count). The summed E-state index contributed by atoms with van der Waals surface area (Å²) in [5.74, 6) is 0.604. The molecule has 2 nitrogen and oxygen atoms in total. The maximum absolute atomic E-state index is 5.81. The Labute approximate surface area is 106 Å².